The maximum atomic E-state index is 10.7. The zero-order chi connectivity index (χ0) is 19.9. The van der Waals surface area contributed by atoms with Gasteiger partial charge >= 0.3 is 56.6 Å². The zero-order valence-electron chi connectivity index (χ0n) is 17.9. The van der Waals surface area contributed by atoms with Crippen molar-refractivity contribution in [3.05, 3.63) is 12.7 Å². The summed E-state index contributed by atoms with van der Waals surface area (Å²) < 4.78 is 0. The normalized spacial score (nSPS) is 11.0. The molecule has 12 heteroatoms. The number of carboxylic acids is 3. The number of aliphatic hydroxyl groups excluding tert-OH is 1. The van der Waals surface area contributed by atoms with Crippen molar-refractivity contribution >= 4 is 17.9 Å². The largest absolute Gasteiger partial charge is 1.00 e. The first-order valence-corrected chi connectivity index (χ1v) is 8.57. The van der Waals surface area contributed by atoms with Crippen molar-refractivity contribution in [2.24, 2.45) is 0 Å². The molecule has 0 rings (SSSR count). The van der Waals surface area contributed by atoms with Crippen molar-refractivity contribution < 1.29 is 91.4 Å². The molecule has 0 aliphatic rings. The van der Waals surface area contributed by atoms with Crippen LogP contribution in [0.25, 0.3) is 0 Å². The van der Waals surface area contributed by atoms with Crippen molar-refractivity contribution in [2.45, 2.75) is 38.2 Å². The van der Waals surface area contributed by atoms with Crippen LogP contribution in [-0.4, -0.2) is 78.2 Å². The van der Waals surface area contributed by atoms with Gasteiger partial charge in [0, 0.05) is 57.2 Å². The van der Waals surface area contributed by atoms with Gasteiger partial charge in [0.2, 0.25) is 0 Å². The summed E-state index contributed by atoms with van der Waals surface area (Å²) in [5.74, 6) is -3.68. The van der Waals surface area contributed by atoms with E-state index in [2.05, 4.69) is 6.58 Å². The Morgan fingerprint density at radius 3 is 1.55 bits per heavy atom. The van der Waals surface area contributed by atoms with Crippen LogP contribution in [0.3, 0.4) is 0 Å². The van der Waals surface area contributed by atoms with Crippen LogP contribution >= 0.6 is 0 Å². The molecule has 1 unspecified atom stereocenters. The van der Waals surface area contributed by atoms with Gasteiger partial charge in [-0.1, -0.05) is 6.08 Å². The van der Waals surface area contributed by atoms with Crippen LogP contribution in [0, 0.1) is 0 Å². The molecule has 150 valence electrons. The van der Waals surface area contributed by atoms with E-state index in [1.807, 2.05) is 0 Å². The van der Waals surface area contributed by atoms with Crippen LogP contribution in [0.2, 0.25) is 0 Å². The number of carboxylic acid groups (broad SMARTS) is 3. The number of allylic oxidation sites excluding steroid dienone is 1. The Balaban J connectivity index is -0.00000104. The fourth-order valence-electron chi connectivity index (χ4n) is 2.36. The molecule has 1 atom stereocenters. The second kappa shape index (κ2) is 22.5. The summed E-state index contributed by atoms with van der Waals surface area (Å²) in [4.78, 5) is 35.3. The van der Waals surface area contributed by atoms with E-state index in [0.29, 0.717) is 25.9 Å². The molecule has 0 saturated heterocycles. The minimum Gasteiger partial charge on any atom is -0.550 e. The van der Waals surface area contributed by atoms with Gasteiger partial charge in [0.15, 0.2) is 0 Å². The molecule has 0 aromatic carbocycles. The molecule has 0 saturated carbocycles. The Morgan fingerprint density at radius 1 is 0.793 bits per heavy atom. The molecule has 0 bridgehead atoms. The molecular formula is C17H27Li3N2O7. The molecule has 9 nitrogen and oxygen atoms in total. The molecule has 1 N–H and O–H groups in total. The summed E-state index contributed by atoms with van der Waals surface area (Å²) in [6.45, 7) is 4.89. The van der Waals surface area contributed by atoms with Crippen LogP contribution in [0.5, 0.6) is 0 Å². The van der Waals surface area contributed by atoms with Crippen molar-refractivity contribution in [2.75, 3.05) is 39.3 Å². The summed E-state index contributed by atoms with van der Waals surface area (Å²) in [6.07, 6.45) is 1.45. The Morgan fingerprint density at radius 2 is 1.17 bits per heavy atom. The first kappa shape index (κ1) is 36.2. The summed E-state index contributed by atoms with van der Waals surface area (Å²) >= 11 is 0. The predicted molar refractivity (Wildman–Crippen MR) is 87.2 cm³/mol. The number of aliphatic carboxylic acids is 3. The molecule has 0 aromatic rings. The number of hydrogen-bond acceptors (Lipinski definition) is 9. The van der Waals surface area contributed by atoms with Crippen LogP contribution in [-0.2, 0) is 14.4 Å². The van der Waals surface area contributed by atoms with Crippen LogP contribution in [0.15, 0.2) is 12.7 Å². The Hall–Kier alpha value is -0.178. The van der Waals surface area contributed by atoms with Gasteiger partial charge in [0.05, 0.1) is 6.10 Å². The fraction of sp³-hybridized carbons (Fsp3) is 0.706. The van der Waals surface area contributed by atoms with Crippen molar-refractivity contribution in [1.29, 1.82) is 0 Å². The first-order valence-electron chi connectivity index (χ1n) is 8.57. The average molecular weight is 392 g/mol. The fourth-order valence-corrected chi connectivity index (χ4v) is 2.36. The van der Waals surface area contributed by atoms with E-state index in [1.165, 1.54) is 0 Å². The molecule has 0 amide bonds. The summed E-state index contributed by atoms with van der Waals surface area (Å²) in [5.41, 5.74) is 0. The second-order valence-corrected chi connectivity index (χ2v) is 6.03. The van der Waals surface area contributed by atoms with E-state index in [9.17, 15) is 34.8 Å². The van der Waals surface area contributed by atoms with Crippen molar-refractivity contribution in [3.63, 3.8) is 0 Å². The summed E-state index contributed by atoms with van der Waals surface area (Å²) in [7, 11) is 0. The van der Waals surface area contributed by atoms with Gasteiger partial charge in [-0.3, -0.25) is 4.90 Å². The standard InChI is InChI=1S/C17H30N2O7.3Li/c1-2-3-4-14(20)13-19(10-7-17(25)26)12-11-18(8-5-15(21)22)9-6-16(23)24;;;/h2,14,20H,1,3-13H2,(H,21,22)(H,23,24)(H,25,26);;;/q;3*+1/p-3. The molecule has 29 heavy (non-hydrogen) atoms. The van der Waals surface area contributed by atoms with E-state index in [0.717, 1.165) is 0 Å². The van der Waals surface area contributed by atoms with Gasteiger partial charge in [0.25, 0.3) is 0 Å². The van der Waals surface area contributed by atoms with E-state index >= 15 is 0 Å². The van der Waals surface area contributed by atoms with Crippen LogP contribution < -0.4 is 71.9 Å². The van der Waals surface area contributed by atoms with Gasteiger partial charge in [-0.05, 0) is 32.1 Å². The second-order valence-electron chi connectivity index (χ2n) is 6.03. The molecular weight excluding hydrogens is 365 g/mol. The molecule has 0 radical (unpaired) electrons. The van der Waals surface area contributed by atoms with E-state index in [-0.39, 0.29) is 102 Å². The Kier molecular flexibility index (Phi) is 28.1. The van der Waals surface area contributed by atoms with E-state index in [4.69, 9.17) is 0 Å². The number of hydrogen-bond donors (Lipinski definition) is 1. The third-order valence-electron chi connectivity index (χ3n) is 3.80. The number of nitrogens with zero attached hydrogens (tertiary/aromatic N) is 2. The minimum absolute atomic E-state index is 0. The van der Waals surface area contributed by atoms with Crippen molar-refractivity contribution in [3.8, 4) is 0 Å². The summed E-state index contributed by atoms with van der Waals surface area (Å²) in [6, 6.07) is 0. The van der Waals surface area contributed by atoms with E-state index in [1.54, 1.807) is 15.9 Å². The van der Waals surface area contributed by atoms with Crippen LogP contribution in [0.4, 0.5) is 0 Å². The maximum absolute atomic E-state index is 10.7. The molecule has 0 aromatic heterocycles. The maximum Gasteiger partial charge on any atom is 1.00 e. The predicted octanol–water partition coefficient (Wildman–Crippen LogP) is -12.7. The van der Waals surface area contributed by atoms with Crippen LogP contribution in [0.1, 0.15) is 32.1 Å². The first-order chi connectivity index (χ1) is 12.2. The Labute approximate surface area is 208 Å². The third kappa shape index (κ3) is 24.0. The topological polar surface area (TPSA) is 147 Å². The Bertz CT molecular complexity index is 452. The SMILES string of the molecule is C=CCCC(O)CN(CCC(=O)[O-])CCN(CCC(=O)[O-])CCC(=O)[O-].[Li+].[Li+].[Li+]. The third-order valence-corrected chi connectivity index (χ3v) is 3.80. The number of rotatable bonds is 17. The van der Waals surface area contributed by atoms with Crippen molar-refractivity contribution in [1.82, 2.24) is 9.80 Å². The minimum atomic E-state index is -1.24. The monoisotopic (exact) mass is 392 g/mol. The van der Waals surface area contributed by atoms with Gasteiger partial charge in [-0.15, -0.1) is 6.58 Å². The molecule has 0 fully saturated rings. The molecule has 0 spiro atoms. The quantitative estimate of drug-likeness (QED) is 0.188. The average Bonchev–Trinajstić information content (AvgIpc) is 2.56. The number of carbonyl (C=O) groups is 3. The molecule has 0 aliphatic heterocycles. The molecule has 0 heterocycles. The summed E-state index contributed by atoms with van der Waals surface area (Å²) in [5, 5.41) is 41.9. The molecule has 0 aliphatic carbocycles. The zero-order valence-corrected chi connectivity index (χ0v) is 17.9. The van der Waals surface area contributed by atoms with Gasteiger partial charge in [-0.25, -0.2) is 0 Å². The number of aliphatic hydroxyl groups is 1. The van der Waals surface area contributed by atoms with Gasteiger partial charge < -0.3 is 39.7 Å². The smallest absolute Gasteiger partial charge is 0.550 e. The van der Waals surface area contributed by atoms with E-state index < -0.39 is 24.0 Å². The van der Waals surface area contributed by atoms with Gasteiger partial charge in [0.1, 0.15) is 0 Å². The van der Waals surface area contributed by atoms with Gasteiger partial charge in [-0.2, -0.15) is 0 Å². The number of carbonyl (C=O) groups excluding carboxylic acids is 3.